The van der Waals surface area contributed by atoms with E-state index in [0.29, 0.717) is 10.6 Å². The maximum atomic E-state index is 14.2. The molecule has 0 bridgehead atoms. The van der Waals surface area contributed by atoms with Crippen molar-refractivity contribution in [1.82, 2.24) is 9.58 Å². The Balaban J connectivity index is 1.50. The van der Waals surface area contributed by atoms with Crippen molar-refractivity contribution in [2.24, 2.45) is 10.1 Å². The van der Waals surface area contributed by atoms with Gasteiger partial charge in [-0.1, -0.05) is 12.1 Å². The molecular formula is C25H20FN5O2S. The van der Waals surface area contributed by atoms with Crippen LogP contribution in [0.2, 0.25) is 0 Å². The van der Waals surface area contributed by atoms with E-state index in [1.54, 1.807) is 31.4 Å². The van der Waals surface area contributed by atoms with E-state index < -0.39 is 11.7 Å². The van der Waals surface area contributed by atoms with E-state index in [-0.39, 0.29) is 16.6 Å². The molecule has 0 saturated carbocycles. The number of fused-ring (bicyclic) bond motifs is 1. The summed E-state index contributed by atoms with van der Waals surface area (Å²) < 4.78 is 21.5. The molecule has 2 aromatic carbocycles. The van der Waals surface area contributed by atoms with Crippen molar-refractivity contribution in [1.29, 1.82) is 5.41 Å². The van der Waals surface area contributed by atoms with E-state index >= 15 is 0 Å². The lowest BCUT2D eigenvalue weighted by atomic mass is 10.1. The molecule has 0 radical (unpaired) electrons. The SMILES string of the molecule is COc1ccc(-n2c(C)cc(/C=C3\C(=N)N4N=C(c5ccccc5F)SC4=NC3=O)c2C)cc1. The predicted octanol–water partition coefficient (Wildman–Crippen LogP) is 4.91. The number of hydrogen-bond donors (Lipinski definition) is 1. The quantitative estimate of drug-likeness (QED) is 0.546. The fourth-order valence-electron chi connectivity index (χ4n) is 3.95. The number of amidine groups is 2. The highest BCUT2D eigenvalue weighted by atomic mass is 32.2. The third kappa shape index (κ3) is 3.63. The number of methoxy groups -OCH3 is 1. The Morgan fingerprint density at radius 1 is 1.12 bits per heavy atom. The second-order valence-corrected chi connectivity index (χ2v) is 8.72. The van der Waals surface area contributed by atoms with E-state index in [9.17, 15) is 9.18 Å². The van der Waals surface area contributed by atoms with Crippen LogP contribution in [0.25, 0.3) is 11.8 Å². The fraction of sp³-hybridized carbons (Fsp3) is 0.120. The van der Waals surface area contributed by atoms with E-state index in [2.05, 4.69) is 14.7 Å². The third-order valence-corrected chi connectivity index (χ3v) is 6.60. The molecule has 0 saturated heterocycles. The number of aromatic nitrogens is 1. The van der Waals surface area contributed by atoms with Gasteiger partial charge < -0.3 is 9.30 Å². The molecule has 1 amide bonds. The van der Waals surface area contributed by atoms with Crippen molar-refractivity contribution in [3.63, 3.8) is 0 Å². The molecule has 3 aromatic rings. The molecule has 3 heterocycles. The Labute approximate surface area is 199 Å². The molecule has 1 aromatic heterocycles. The molecule has 0 aliphatic carbocycles. The fourth-order valence-corrected chi connectivity index (χ4v) is 4.87. The topological polar surface area (TPSA) is 83.0 Å². The van der Waals surface area contributed by atoms with Gasteiger partial charge in [-0.3, -0.25) is 10.2 Å². The Bertz CT molecular complexity index is 1440. The number of ether oxygens (including phenoxy) is 1. The number of carbonyl (C=O) groups is 1. The van der Waals surface area contributed by atoms with Gasteiger partial charge in [0, 0.05) is 22.6 Å². The van der Waals surface area contributed by atoms with Crippen LogP contribution in [-0.4, -0.2) is 38.6 Å². The molecule has 34 heavy (non-hydrogen) atoms. The third-order valence-electron chi connectivity index (χ3n) is 5.66. The van der Waals surface area contributed by atoms with Crippen LogP contribution >= 0.6 is 11.8 Å². The summed E-state index contributed by atoms with van der Waals surface area (Å²) in [6.07, 6.45) is 1.66. The second kappa shape index (κ2) is 8.42. The van der Waals surface area contributed by atoms with E-state index in [1.807, 2.05) is 44.2 Å². The lowest BCUT2D eigenvalue weighted by molar-refractivity contribution is -0.114. The molecule has 0 fully saturated rings. The van der Waals surface area contributed by atoms with Gasteiger partial charge in [-0.25, -0.2) is 4.39 Å². The number of nitrogens with zero attached hydrogens (tertiary/aromatic N) is 4. The number of carbonyl (C=O) groups excluding carboxylic acids is 1. The number of hydrazone groups is 1. The van der Waals surface area contributed by atoms with Crippen molar-refractivity contribution in [3.05, 3.63) is 88.5 Å². The zero-order valence-corrected chi connectivity index (χ0v) is 19.5. The monoisotopic (exact) mass is 473 g/mol. The number of halogens is 1. The predicted molar refractivity (Wildman–Crippen MR) is 132 cm³/mol. The lowest BCUT2D eigenvalue weighted by Gasteiger charge is -2.20. The summed E-state index contributed by atoms with van der Waals surface area (Å²) in [6.45, 7) is 3.93. The smallest absolute Gasteiger partial charge is 0.283 e. The van der Waals surface area contributed by atoms with Gasteiger partial charge in [0.25, 0.3) is 5.91 Å². The summed E-state index contributed by atoms with van der Waals surface area (Å²) in [6, 6.07) is 15.9. The average molecular weight is 474 g/mol. The number of nitrogens with one attached hydrogen (secondary N) is 1. The summed E-state index contributed by atoms with van der Waals surface area (Å²) in [4.78, 5) is 16.9. The van der Waals surface area contributed by atoms with Gasteiger partial charge >= 0.3 is 0 Å². The Kier molecular flexibility index (Phi) is 5.41. The van der Waals surface area contributed by atoms with Crippen LogP contribution in [0.5, 0.6) is 5.75 Å². The minimum atomic E-state index is -0.525. The maximum absolute atomic E-state index is 14.2. The van der Waals surface area contributed by atoms with Gasteiger partial charge in [0.1, 0.15) is 16.6 Å². The number of thioether (sulfide) groups is 1. The highest BCUT2D eigenvalue weighted by Crippen LogP contribution is 2.32. The van der Waals surface area contributed by atoms with Gasteiger partial charge in [0.2, 0.25) is 5.17 Å². The number of benzene rings is 2. The lowest BCUT2D eigenvalue weighted by Crippen LogP contribution is -2.35. The van der Waals surface area contributed by atoms with Crippen LogP contribution in [0.15, 0.2) is 70.3 Å². The second-order valence-electron chi connectivity index (χ2n) is 7.76. The van der Waals surface area contributed by atoms with E-state index in [4.69, 9.17) is 10.1 Å². The molecule has 0 atom stereocenters. The van der Waals surface area contributed by atoms with E-state index in [0.717, 1.165) is 40.2 Å². The summed E-state index contributed by atoms with van der Waals surface area (Å²) >= 11 is 1.07. The van der Waals surface area contributed by atoms with Crippen LogP contribution < -0.4 is 4.74 Å². The summed E-state index contributed by atoms with van der Waals surface area (Å²) in [5.74, 6) is -0.276. The van der Waals surface area contributed by atoms with Gasteiger partial charge in [-0.15, -0.1) is 0 Å². The van der Waals surface area contributed by atoms with Crippen LogP contribution in [0.3, 0.4) is 0 Å². The molecule has 0 unspecified atom stereocenters. The minimum Gasteiger partial charge on any atom is -0.497 e. The largest absolute Gasteiger partial charge is 0.497 e. The molecule has 0 spiro atoms. The maximum Gasteiger partial charge on any atom is 0.283 e. The highest BCUT2D eigenvalue weighted by Gasteiger charge is 2.36. The average Bonchev–Trinajstić information content (AvgIpc) is 3.37. The Morgan fingerprint density at radius 2 is 1.85 bits per heavy atom. The first-order valence-corrected chi connectivity index (χ1v) is 11.3. The van der Waals surface area contributed by atoms with Crippen molar-refractivity contribution in [3.8, 4) is 11.4 Å². The van der Waals surface area contributed by atoms with Gasteiger partial charge in [0.05, 0.1) is 12.7 Å². The first kappa shape index (κ1) is 21.8. The van der Waals surface area contributed by atoms with Crippen LogP contribution in [0.4, 0.5) is 4.39 Å². The Hall–Kier alpha value is -3.98. The van der Waals surface area contributed by atoms with Crippen molar-refractivity contribution in [2.45, 2.75) is 13.8 Å². The highest BCUT2D eigenvalue weighted by molar-refractivity contribution is 8.27. The molecule has 9 heteroatoms. The molecule has 2 aliphatic rings. The standard InChI is InChI=1S/C25H20FN5O2S/c1-14-12-16(15(2)30(14)17-8-10-18(33-3)11-9-17)13-20-22(27)31-25(28-23(20)32)34-24(29-31)19-6-4-5-7-21(19)26/h4-13,27H,1-3H3/b20-13+,27-22?. The van der Waals surface area contributed by atoms with Gasteiger partial charge in [-0.2, -0.15) is 15.1 Å². The van der Waals surface area contributed by atoms with Crippen molar-refractivity contribution >= 4 is 39.8 Å². The summed E-state index contributed by atoms with van der Waals surface area (Å²) in [5.41, 5.74) is 4.07. The molecule has 1 N–H and O–H groups in total. The number of rotatable bonds is 4. The van der Waals surface area contributed by atoms with Gasteiger partial charge in [-0.05, 0) is 79.7 Å². The minimum absolute atomic E-state index is 0.0944. The normalized spacial score (nSPS) is 16.6. The van der Waals surface area contributed by atoms with Crippen LogP contribution in [0, 0.1) is 25.1 Å². The molecule has 7 nitrogen and oxygen atoms in total. The van der Waals surface area contributed by atoms with Crippen molar-refractivity contribution in [2.75, 3.05) is 7.11 Å². The van der Waals surface area contributed by atoms with Crippen molar-refractivity contribution < 1.29 is 13.9 Å². The van der Waals surface area contributed by atoms with Crippen LogP contribution in [0.1, 0.15) is 22.5 Å². The number of hydrogen-bond acceptors (Lipinski definition) is 5. The number of aryl methyl sites for hydroxylation is 1. The number of amides is 1. The molecule has 170 valence electrons. The first-order valence-electron chi connectivity index (χ1n) is 10.5. The Morgan fingerprint density at radius 3 is 2.56 bits per heavy atom. The molecule has 2 aliphatic heterocycles. The zero-order valence-electron chi connectivity index (χ0n) is 18.7. The number of aliphatic imine (C=N–C) groups is 1. The first-order chi connectivity index (χ1) is 16.4. The van der Waals surface area contributed by atoms with E-state index in [1.165, 1.54) is 11.1 Å². The molecular weight excluding hydrogens is 453 g/mol. The molecule has 5 rings (SSSR count). The summed E-state index contributed by atoms with van der Waals surface area (Å²) in [7, 11) is 1.62. The summed E-state index contributed by atoms with van der Waals surface area (Å²) in [5, 5.41) is 14.9. The van der Waals surface area contributed by atoms with Gasteiger partial charge in [0.15, 0.2) is 5.84 Å². The zero-order chi connectivity index (χ0) is 24.0. The van der Waals surface area contributed by atoms with Crippen LogP contribution in [-0.2, 0) is 4.79 Å².